The number of aromatic nitrogens is 3. The second kappa shape index (κ2) is 5.62. The van der Waals surface area contributed by atoms with Crippen LogP contribution in [0.1, 0.15) is 5.69 Å². The first kappa shape index (κ1) is 16.2. The number of methoxy groups -OCH3 is 1. The first-order chi connectivity index (χ1) is 12.4. The first-order valence-electron chi connectivity index (χ1n) is 7.64. The van der Waals surface area contributed by atoms with Crippen molar-refractivity contribution in [1.82, 2.24) is 14.6 Å². The van der Waals surface area contributed by atoms with Gasteiger partial charge >= 0.3 is 6.18 Å². The van der Waals surface area contributed by atoms with Gasteiger partial charge in [0.15, 0.2) is 5.69 Å². The second-order valence-corrected chi connectivity index (χ2v) is 5.72. The highest BCUT2D eigenvalue weighted by Gasteiger charge is 2.34. The summed E-state index contributed by atoms with van der Waals surface area (Å²) in [7, 11) is 1.36. The third-order valence-electron chi connectivity index (χ3n) is 4.17. The van der Waals surface area contributed by atoms with Gasteiger partial charge in [-0.1, -0.05) is 12.1 Å². The van der Waals surface area contributed by atoms with Crippen LogP contribution in [-0.2, 0) is 6.18 Å². The average molecular weight is 359 g/mol. The van der Waals surface area contributed by atoms with Gasteiger partial charge in [-0.15, -0.1) is 0 Å². The van der Waals surface area contributed by atoms with Crippen molar-refractivity contribution in [2.24, 2.45) is 0 Å². The Kier molecular flexibility index (Phi) is 3.50. The number of hydrogen-bond donors (Lipinski definition) is 1. The predicted octanol–water partition coefficient (Wildman–Crippen LogP) is 3.87. The van der Waals surface area contributed by atoms with Crippen molar-refractivity contribution < 1.29 is 17.9 Å². The van der Waals surface area contributed by atoms with Crippen LogP contribution in [0.25, 0.3) is 27.4 Å². The molecule has 0 saturated carbocycles. The Bertz CT molecular complexity index is 1190. The van der Waals surface area contributed by atoms with E-state index >= 15 is 0 Å². The van der Waals surface area contributed by atoms with Crippen molar-refractivity contribution in [3.05, 3.63) is 64.7 Å². The van der Waals surface area contributed by atoms with Crippen LogP contribution < -0.4 is 10.3 Å². The number of pyridine rings is 2. The van der Waals surface area contributed by atoms with Gasteiger partial charge in [0.25, 0.3) is 5.56 Å². The lowest BCUT2D eigenvalue weighted by Crippen LogP contribution is -2.06. The van der Waals surface area contributed by atoms with Gasteiger partial charge in [0.05, 0.1) is 12.6 Å². The fraction of sp³-hybridized carbons (Fsp3) is 0.111. The highest BCUT2D eigenvalue weighted by Crippen LogP contribution is 2.34. The molecule has 0 fully saturated rings. The minimum Gasteiger partial charge on any atom is -0.481 e. The SMILES string of the molecule is COc1ccc(-c2ccc3cc[nH]c(=O)c3c2)c2cc(C(F)(F)F)nn12. The van der Waals surface area contributed by atoms with E-state index in [1.54, 1.807) is 36.5 Å². The maximum absolute atomic E-state index is 13.1. The zero-order valence-corrected chi connectivity index (χ0v) is 13.5. The minimum atomic E-state index is -4.57. The van der Waals surface area contributed by atoms with Crippen LogP contribution in [0.15, 0.2) is 53.5 Å². The fourth-order valence-electron chi connectivity index (χ4n) is 2.94. The van der Waals surface area contributed by atoms with Gasteiger partial charge in [-0.2, -0.15) is 22.8 Å². The van der Waals surface area contributed by atoms with E-state index in [0.29, 0.717) is 16.5 Å². The topological polar surface area (TPSA) is 59.4 Å². The summed E-state index contributed by atoms with van der Waals surface area (Å²) in [4.78, 5) is 14.6. The molecule has 0 saturated heterocycles. The van der Waals surface area contributed by atoms with Crippen LogP contribution in [0.2, 0.25) is 0 Å². The third-order valence-corrected chi connectivity index (χ3v) is 4.17. The molecule has 0 unspecified atom stereocenters. The molecule has 1 aromatic carbocycles. The lowest BCUT2D eigenvalue weighted by molar-refractivity contribution is -0.141. The maximum Gasteiger partial charge on any atom is 0.435 e. The fourth-order valence-corrected chi connectivity index (χ4v) is 2.94. The van der Waals surface area contributed by atoms with Gasteiger partial charge in [0.2, 0.25) is 5.88 Å². The summed E-state index contributed by atoms with van der Waals surface area (Å²) >= 11 is 0. The van der Waals surface area contributed by atoms with Crippen molar-refractivity contribution in [2.45, 2.75) is 6.18 Å². The van der Waals surface area contributed by atoms with Crippen molar-refractivity contribution in [3.8, 4) is 17.0 Å². The van der Waals surface area contributed by atoms with E-state index in [9.17, 15) is 18.0 Å². The van der Waals surface area contributed by atoms with Crippen LogP contribution in [0.3, 0.4) is 0 Å². The summed E-state index contributed by atoms with van der Waals surface area (Å²) in [5.74, 6) is 0.179. The Morgan fingerprint density at radius 1 is 1.12 bits per heavy atom. The molecule has 26 heavy (non-hydrogen) atoms. The number of alkyl halides is 3. The lowest BCUT2D eigenvalue weighted by atomic mass is 10.0. The molecule has 0 aliphatic rings. The van der Waals surface area contributed by atoms with Crippen LogP contribution in [0.5, 0.6) is 5.88 Å². The number of halogens is 3. The monoisotopic (exact) mass is 359 g/mol. The molecule has 0 spiro atoms. The summed E-state index contributed by atoms with van der Waals surface area (Å²) in [6.07, 6.45) is -3.03. The number of ether oxygens (including phenoxy) is 1. The molecule has 0 aliphatic carbocycles. The largest absolute Gasteiger partial charge is 0.481 e. The molecule has 1 N–H and O–H groups in total. The normalized spacial score (nSPS) is 12.0. The summed E-state index contributed by atoms with van der Waals surface area (Å²) in [5, 5.41) is 4.81. The number of nitrogens with one attached hydrogen (secondary N) is 1. The summed E-state index contributed by atoms with van der Waals surface area (Å²) < 4.78 is 45.5. The molecule has 5 nitrogen and oxygen atoms in total. The smallest absolute Gasteiger partial charge is 0.435 e. The van der Waals surface area contributed by atoms with E-state index in [1.165, 1.54) is 13.2 Å². The number of rotatable bonds is 2. The van der Waals surface area contributed by atoms with Gasteiger partial charge in [-0.25, -0.2) is 0 Å². The van der Waals surface area contributed by atoms with E-state index in [0.717, 1.165) is 16.0 Å². The number of aromatic amines is 1. The standard InChI is InChI=1S/C18H12F3N3O2/c1-26-16-5-4-12(14-9-15(18(19,20)21)23-24(14)16)11-3-2-10-6-7-22-17(25)13(10)8-11/h2-9H,1H3,(H,22,25). The van der Waals surface area contributed by atoms with Crippen LogP contribution >= 0.6 is 0 Å². The molecular weight excluding hydrogens is 347 g/mol. The molecule has 8 heteroatoms. The molecule has 4 aromatic rings. The van der Waals surface area contributed by atoms with Crippen molar-refractivity contribution in [3.63, 3.8) is 0 Å². The molecule has 3 heterocycles. The van der Waals surface area contributed by atoms with E-state index in [2.05, 4.69) is 10.1 Å². The van der Waals surface area contributed by atoms with Crippen molar-refractivity contribution in [2.75, 3.05) is 7.11 Å². The lowest BCUT2D eigenvalue weighted by Gasteiger charge is -2.09. The number of nitrogens with zero attached hydrogens (tertiary/aromatic N) is 2. The van der Waals surface area contributed by atoms with Crippen LogP contribution in [-0.4, -0.2) is 21.7 Å². The van der Waals surface area contributed by atoms with Crippen molar-refractivity contribution in [1.29, 1.82) is 0 Å². The zero-order valence-electron chi connectivity index (χ0n) is 13.5. The predicted molar refractivity (Wildman–Crippen MR) is 90.3 cm³/mol. The highest BCUT2D eigenvalue weighted by atomic mass is 19.4. The number of H-pyrrole nitrogens is 1. The first-order valence-corrected chi connectivity index (χ1v) is 7.64. The molecule has 132 valence electrons. The Morgan fingerprint density at radius 2 is 1.92 bits per heavy atom. The average Bonchev–Trinajstić information content (AvgIpc) is 3.07. The number of fused-ring (bicyclic) bond motifs is 2. The molecule has 4 rings (SSSR count). The third kappa shape index (κ3) is 2.50. The second-order valence-electron chi connectivity index (χ2n) is 5.72. The molecule has 0 radical (unpaired) electrons. The summed E-state index contributed by atoms with van der Waals surface area (Å²) in [6.45, 7) is 0. The number of benzene rings is 1. The van der Waals surface area contributed by atoms with E-state index < -0.39 is 11.9 Å². The summed E-state index contributed by atoms with van der Waals surface area (Å²) in [6, 6.07) is 11.1. The maximum atomic E-state index is 13.1. The van der Waals surface area contributed by atoms with Gasteiger partial charge < -0.3 is 9.72 Å². The van der Waals surface area contributed by atoms with Gasteiger partial charge in [0, 0.05) is 23.2 Å². The summed E-state index contributed by atoms with van der Waals surface area (Å²) in [5.41, 5.74) is 0.0815. The van der Waals surface area contributed by atoms with Gasteiger partial charge in [-0.05, 0) is 35.2 Å². The van der Waals surface area contributed by atoms with E-state index in [-0.39, 0.29) is 17.0 Å². The Hall–Kier alpha value is -3.29. The van der Waals surface area contributed by atoms with Crippen molar-refractivity contribution >= 4 is 16.3 Å². The molecule has 0 bridgehead atoms. The Morgan fingerprint density at radius 3 is 2.65 bits per heavy atom. The molecular formula is C18H12F3N3O2. The zero-order chi connectivity index (χ0) is 18.5. The molecule has 0 aliphatic heterocycles. The van der Waals surface area contributed by atoms with Crippen LogP contribution in [0, 0.1) is 0 Å². The van der Waals surface area contributed by atoms with Crippen LogP contribution in [0.4, 0.5) is 13.2 Å². The Balaban J connectivity index is 2.01. The quantitative estimate of drug-likeness (QED) is 0.591. The van der Waals surface area contributed by atoms with E-state index in [1.807, 2.05) is 0 Å². The van der Waals surface area contributed by atoms with E-state index in [4.69, 9.17) is 4.74 Å². The highest BCUT2D eigenvalue weighted by molar-refractivity contribution is 5.90. The minimum absolute atomic E-state index is 0.179. The van der Waals surface area contributed by atoms with Gasteiger partial charge in [0.1, 0.15) is 0 Å². The number of hydrogen-bond acceptors (Lipinski definition) is 3. The Labute approximate surface area is 144 Å². The molecule has 3 aromatic heterocycles. The van der Waals surface area contributed by atoms with Gasteiger partial charge in [-0.3, -0.25) is 4.79 Å². The molecule has 0 amide bonds. The molecule has 0 atom stereocenters.